The zero-order valence-corrected chi connectivity index (χ0v) is 15.7. The van der Waals surface area contributed by atoms with E-state index in [1.54, 1.807) is 20.8 Å². The summed E-state index contributed by atoms with van der Waals surface area (Å²) in [6, 6.07) is 5.43. The number of nitrogens with zero attached hydrogens (tertiary/aromatic N) is 1. The minimum absolute atomic E-state index is 0.0655. The summed E-state index contributed by atoms with van der Waals surface area (Å²) in [6.07, 6.45) is 0.188. The first-order valence-electron chi connectivity index (χ1n) is 8.73. The summed E-state index contributed by atoms with van der Waals surface area (Å²) in [7, 11) is 0. The van der Waals surface area contributed by atoms with Crippen molar-refractivity contribution in [1.82, 2.24) is 0 Å². The van der Waals surface area contributed by atoms with Crippen molar-refractivity contribution >= 4 is 23.1 Å². The number of hydrogen-bond acceptors (Lipinski definition) is 5. The van der Waals surface area contributed by atoms with Crippen LogP contribution in [0, 0.1) is 29.8 Å². The summed E-state index contributed by atoms with van der Waals surface area (Å²) >= 11 is 0. The van der Waals surface area contributed by atoms with Crippen molar-refractivity contribution in [3.05, 3.63) is 62.5 Å². The Kier molecular flexibility index (Phi) is 5.13. The number of Topliss-reactive ketones (excluding diaryl/α,β-unsaturated/α-hetero) is 1. The molecule has 0 heterocycles. The number of nitro groups is 1. The van der Waals surface area contributed by atoms with Crippen molar-refractivity contribution in [2.75, 3.05) is 11.9 Å². The van der Waals surface area contributed by atoms with Gasteiger partial charge in [-0.1, -0.05) is 6.92 Å². The maximum atomic E-state index is 14.0. The van der Waals surface area contributed by atoms with Gasteiger partial charge in [0.15, 0.2) is 12.4 Å². The topological polar surface area (TPSA) is 98.5 Å². The molecule has 146 valence electrons. The number of halogens is 1. The predicted molar refractivity (Wildman–Crippen MR) is 100 cm³/mol. The fourth-order valence-electron chi connectivity index (χ4n) is 3.33. The first-order chi connectivity index (χ1) is 13.2. The Labute approximate surface area is 160 Å². The fourth-order valence-corrected chi connectivity index (χ4v) is 3.33. The van der Waals surface area contributed by atoms with Crippen LogP contribution in [0.15, 0.2) is 24.3 Å². The minimum atomic E-state index is -0.622. The van der Waals surface area contributed by atoms with Crippen LogP contribution in [0.1, 0.15) is 46.3 Å². The quantitative estimate of drug-likeness (QED) is 0.617. The van der Waals surface area contributed by atoms with E-state index in [1.165, 1.54) is 24.3 Å². The van der Waals surface area contributed by atoms with Gasteiger partial charge in [0.1, 0.15) is 17.3 Å². The van der Waals surface area contributed by atoms with E-state index in [4.69, 9.17) is 4.74 Å². The van der Waals surface area contributed by atoms with Gasteiger partial charge in [-0.2, -0.15) is 0 Å². The number of benzene rings is 2. The molecule has 7 nitrogen and oxygen atoms in total. The SMILES string of the molecule is Cc1cc(NC(=O)COc2ccc(F)c3c2C(=O)CC3C)c([N+](=O)[O-])cc1C. The van der Waals surface area contributed by atoms with Crippen molar-refractivity contribution in [3.63, 3.8) is 0 Å². The average molecular weight is 386 g/mol. The smallest absolute Gasteiger partial charge is 0.293 e. The lowest BCUT2D eigenvalue weighted by molar-refractivity contribution is -0.384. The second-order valence-corrected chi connectivity index (χ2v) is 6.91. The van der Waals surface area contributed by atoms with Crippen LogP contribution < -0.4 is 10.1 Å². The molecular weight excluding hydrogens is 367 g/mol. The molecule has 2 aromatic carbocycles. The molecule has 0 radical (unpaired) electrons. The average Bonchev–Trinajstić information content (AvgIpc) is 2.92. The number of hydrogen-bond donors (Lipinski definition) is 1. The number of ether oxygens (including phenoxy) is 1. The number of nitro benzene ring substituents is 1. The fraction of sp³-hybridized carbons (Fsp3) is 0.300. The monoisotopic (exact) mass is 386 g/mol. The van der Waals surface area contributed by atoms with E-state index in [-0.39, 0.29) is 40.8 Å². The van der Waals surface area contributed by atoms with Crippen LogP contribution in [0.4, 0.5) is 15.8 Å². The Morgan fingerprint density at radius 2 is 2.00 bits per heavy atom. The summed E-state index contributed by atoms with van der Waals surface area (Å²) in [6.45, 7) is 4.80. The number of amides is 1. The Hall–Kier alpha value is -3.29. The van der Waals surface area contributed by atoms with Gasteiger partial charge in [0.2, 0.25) is 0 Å². The standard InChI is InChI=1S/C20H19FN2O5/c1-10-6-14(15(23(26)27)7-11(10)2)22-18(25)9-28-17-5-4-13(21)19-12(3)8-16(24)20(17)19/h4-7,12H,8-9H2,1-3H3,(H,22,25). The number of anilines is 1. The number of nitrogens with one attached hydrogen (secondary N) is 1. The number of rotatable bonds is 5. The summed E-state index contributed by atoms with van der Waals surface area (Å²) in [5.74, 6) is -1.45. The Morgan fingerprint density at radius 3 is 2.68 bits per heavy atom. The van der Waals surface area contributed by atoms with Gasteiger partial charge in [-0.25, -0.2) is 4.39 Å². The normalized spacial score (nSPS) is 15.3. The second-order valence-electron chi connectivity index (χ2n) is 6.91. The third-order valence-electron chi connectivity index (χ3n) is 4.86. The molecule has 1 N–H and O–H groups in total. The zero-order valence-electron chi connectivity index (χ0n) is 15.7. The highest BCUT2D eigenvalue weighted by atomic mass is 19.1. The summed E-state index contributed by atoms with van der Waals surface area (Å²) in [4.78, 5) is 35.1. The lowest BCUT2D eigenvalue weighted by atomic mass is 10.0. The van der Waals surface area contributed by atoms with Gasteiger partial charge < -0.3 is 10.1 Å². The van der Waals surface area contributed by atoms with E-state index < -0.39 is 23.3 Å². The van der Waals surface area contributed by atoms with Crippen molar-refractivity contribution in [2.24, 2.45) is 0 Å². The molecule has 1 unspecified atom stereocenters. The first-order valence-corrected chi connectivity index (χ1v) is 8.73. The molecule has 0 aliphatic heterocycles. The van der Waals surface area contributed by atoms with Crippen LogP contribution in [-0.4, -0.2) is 23.2 Å². The molecule has 1 aliphatic carbocycles. The molecule has 0 saturated heterocycles. The van der Waals surface area contributed by atoms with Gasteiger partial charge in [-0.15, -0.1) is 0 Å². The van der Waals surface area contributed by atoms with Gasteiger partial charge in [0.25, 0.3) is 11.6 Å². The number of ketones is 1. The van der Waals surface area contributed by atoms with E-state index in [2.05, 4.69) is 5.32 Å². The maximum absolute atomic E-state index is 14.0. The summed E-state index contributed by atoms with van der Waals surface area (Å²) < 4.78 is 19.5. The second kappa shape index (κ2) is 7.38. The Balaban J connectivity index is 1.78. The van der Waals surface area contributed by atoms with Crippen molar-refractivity contribution < 1.29 is 23.6 Å². The molecule has 0 bridgehead atoms. The highest BCUT2D eigenvalue weighted by Crippen LogP contribution is 2.39. The van der Waals surface area contributed by atoms with E-state index in [0.29, 0.717) is 5.56 Å². The van der Waals surface area contributed by atoms with E-state index in [0.717, 1.165) is 11.1 Å². The summed E-state index contributed by atoms with van der Waals surface area (Å²) in [5, 5.41) is 13.7. The van der Waals surface area contributed by atoms with Gasteiger partial charge in [0.05, 0.1) is 10.5 Å². The molecule has 1 amide bonds. The highest BCUT2D eigenvalue weighted by molar-refractivity contribution is 6.04. The molecule has 1 atom stereocenters. The Bertz CT molecular complexity index is 1000. The van der Waals surface area contributed by atoms with Crippen LogP contribution in [0.3, 0.4) is 0 Å². The van der Waals surface area contributed by atoms with Crippen LogP contribution in [0.2, 0.25) is 0 Å². The lowest BCUT2D eigenvalue weighted by Gasteiger charge is -2.12. The summed E-state index contributed by atoms with van der Waals surface area (Å²) in [5.41, 5.74) is 1.83. The molecule has 0 saturated carbocycles. The van der Waals surface area contributed by atoms with Gasteiger partial charge in [-0.3, -0.25) is 19.7 Å². The first kappa shape index (κ1) is 19.5. The highest BCUT2D eigenvalue weighted by Gasteiger charge is 2.32. The van der Waals surface area contributed by atoms with Crippen LogP contribution in [-0.2, 0) is 4.79 Å². The molecule has 0 spiro atoms. The molecule has 2 aromatic rings. The van der Waals surface area contributed by atoms with E-state index >= 15 is 0 Å². The Morgan fingerprint density at radius 1 is 1.32 bits per heavy atom. The third-order valence-corrected chi connectivity index (χ3v) is 4.86. The molecule has 28 heavy (non-hydrogen) atoms. The molecule has 1 aliphatic rings. The largest absolute Gasteiger partial charge is 0.483 e. The van der Waals surface area contributed by atoms with Crippen LogP contribution in [0.5, 0.6) is 5.75 Å². The lowest BCUT2D eigenvalue weighted by Crippen LogP contribution is -2.21. The van der Waals surface area contributed by atoms with Gasteiger partial charge in [0, 0.05) is 18.1 Å². The van der Waals surface area contributed by atoms with Crippen LogP contribution >= 0.6 is 0 Å². The predicted octanol–water partition coefficient (Wildman–Crippen LogP) is 4.06. The van der Waals surface area contributed by atoms with Crippen LogP contribution in [0.25, 0.3) is 0 Å². The molecule has 8 heteroatoms. The van der Waals surface area contributed by atoms with Crippen molar-refractivity contribution in [1.29, 1.82) is 0 Å². The maximum Gasteiger partial charge on any atom is 0.293 e. The molecular formula is C20H19FN2O5. The van der Waals surface area contributed by atoms with E-state index in [9.17, 15) is 24.1 Å². The minimum Gasteiger partial charge on any atom is -0.483 e. The number of fused-ring (bicyclic) bond motifs is 1. The molecule has 3 rings (SSSR count). The molecule has 0 fully saturated rings. The van der Waals surface area contributed by atoms with Gasteiger partial charge >= 0.3 is 0 Å². The third kappa shape index (κ3) is 3.58. The van der Waals surface area contributed by atoms with E-state index in [1.807, 2.05) is 0 Å². The van der Waals surface area contributed by atoms with Crippen molar-refractivity contribution in [2.45, 2.75) is 33.1 Å². The van der Waals surface area contributed by atoms with Crippen molar-refractivity contribution in [3.8, 4) is 5.75 Å². The molecule has 0 aromatic heterocycles. The number of carbonyl (C=O) groups excluding carboxylic acids is 2. The number of aryl methyl sites for hydroxylation is 2. The zero-order chi connectivity index (χ0) is 20.6. The number of carbonyl (C=O) groups is 2. The van der Waals surface area contributed by atoms with Gasteiger partial charge in [-0.05, 0) is 49.1 Å².